The van der Waals surface area contributed by atoms with Crippen LogP contribution in [0.1, 0.15) is 25.7 Å². The normalized spacial score (nSPS) is 10.3. The minimum atomic E-state index is 0.275. The fourth-order valence-corrected chi connectivity index (χ4v) is 1.57. The van der Waals surface area contributed by atoms with Gasteiger partial charge in [-0.05, 0) is 12.8 Å². The van der Waals surface area contributed by atoms with Gasteiger partial charge in [0.15, 0.2) is 0 Å². The molecule has 96 valence electrons. The third kappa shape index (κ3) is 5.19. The number of halogens is 1. The summed E-state index contributed by atoms with van der Waals surface area (Å²) in [6.45, 7) is 1.10. The molecule has 0 aliphatic heterocycles. The quantitative estimate of drug-likeness (QED) is 0.623. The first-order valence-electron chi connectivity index (χ1n) is 5.83. The van der Waals surface area contributed by atoms with Crippen molar-refractivity contribution >= 4 is 23.4 Å². The number of anilines is 2. The first-order chi connectivity index (χ1) is 8.27. The summed E-state index contributed by atoms with van der Waals surface area (Å²) >= 11 is 5.97. The van der Waals surface area contributed by atoms with Gasteiger partial charge in [0.1, 0.15) is 10.8 Å². The molecule has 1 rings (SSSR count). The Bertz CT molecular complexity index is 335. The molecule has 1 heterocycles. The molecule has 6 heteroatoms. The number of aliphatic hydroxyl groups is 1. The number of unbranched alkanes of at least 4 members (excludes halogenated alkanes) is 3. The van der Waals surface area contributed by atoms with Crippen LogP contribution >= 0.6 is 11.6 Å². The monoisotopic (exact) mass is 258 g/mol. The van der Waals surface area contributed by atoms with Crippen molar-refractivity contribution in [1.29, 1.82) is 0 Å². The summed E-state index contributed by atoms with van der Waals surface area (Å²) in [6.07, 6.45) is 5.63. The summed E-state index contributed by atoms with van der Waals surface area (Å²) < 4.78 is 0. The lowest BCUT2D eigenvalue weighted by atomic mass is 10.2. The molecule has 0 fully saturated rings. The molecule has 0 unspecified atom stereocenters. The van der Waals surface area contributed by atoms with Crippen LogP contribution in [0.25, 0.3) is 0 Å². The van der Waals surface area contributed by atoms with E-state index in [1.807, 2.05) is 0 Å². The van der Waals surface area contributed by atoms with Gasteiger partial charge in [-0.1, -0.05) is 24.4 Å². The van der Waals surface area contributed by atoms with Crippen molar-refractivity contribution in [3.05, 3.63) is 11.2 Å². The standard InChI is InChI=1S/C11H19ClN4O/c1-13-11-15-8-9(12)10(16-11)14-6-4-2-3-5-7-17/h8,17H,2-7H2,1H3,(H2,13,14,15,16). The number of nitrogens with one attached hydrogen (secondary N) is 2. The fraction of sp³-hybridized carbons (Fsp3) is 0.636. The van der Waals surface area contributed by atoms with E-state index in [1.165, 1.54) is 0 Å². The van der Waals surface area contributed by atoms with E-state index in [0.29, 0.717) is 16.8 Å². The maximum absolute atomic E-state index is 8.64. The molecule has 1 aromatic rings. The van der Waals surface area contributed by atoms with Crippen LogP contribution in [0.15, 0.2) is 6.20 Å². The van der Waals surface area contributed by atoms with Crippen LogP contribution in [0, 0.1) is 0 Å². The van der Waals surface area contributed by atoms with Crippen LogP contribution in [-0.2, 0) is 0 Å². The summed E-state index contributed by atoms with van der Waals surface area (Å²) in [6, 6.07) is 0. The van der Waals surface area contributed by atoms with Gasteiger partial charge in [0.05, 0.1) is 6.20 Å². The second kappa shape index (κ2) is 8.08. The zero-order chi connectivity index (χ0) is 12.5. The lowest BCUT2D eigenvalue weighted by Gasteiger charge is -2.08. The van der Waals surface area contributed by atoms with E-state index in [-0.39, 0.29) is 6.61 Å². The average Bonchev–Trinajstić information content (AvgIpc) is 2.35. The van der Waals surface area contributed by atoms with E-state index in [2.05, 4.69) is 20.6 Å². The average molecular weight is 259 g/mol. The van der Waals surface area contributed by atoms with Crippen molar-refractivity contribution in [2.24, 2.45) is 0 Å². The van der Waals surface area contributed by atoms with Gasteiger partial charge in [0, 0.05) is 20.2 Å². The Morgan fingerprint density at radius 1 is 1.29 bits per heavy atom. The summed E-state index contributed by atoms with van der Waals surface area (Å²) in [4.78, 5) is 8.22. The molecule has 17 heavy (non-hydrogen) atoms. The maximum Gasteiger partial charge on any atom is 0.224 e. The van der Waals surface area contributed by atoms with Gasteiger partial charge in [-0.15, -0.1) is 0 Å². The highest BCUT2D eigenvalue weighted by Crippen LogP contribution is 2.19. The number of hydrogen-bond donors (Lipinski definition) is 3. The van der Waals surface area contributed by atoms with Crippen LogP contribution in [-0.4, -0.2) is 35.3 Å². The van der Waals surface area contributed by atoms with Gasteiger partial charge in [-0.25, -0.2) is 4.98 Å². The van der Waals surface area contributed by atoms with Crippen molar-refractivity contribution in [1.82, 2.24) is 9.97 Å². The van der Waals surface area contributed by atoms with Crippen LogP contribution in [0.5, 0.6) is 0 Å². The molecule has 0 atom stereocenters. The van der Waals surface area contributed by atoms with Crippen molar-refractivity contribution in [2.75, 3.05) is 30.8 Å². The SMILES string of the molecule is CNc1ncc(Cl)c(NCCCCCCO)n1. The highest BCUT2D eigenvalue weighted by molar-refractivity contribution is 6.32. The molecule has 3 N–H and O–H groups in total. The summed E-state index contributed by atoms with van der Waals surface area (Å²) in [5.74, 6) is 1.21. The van der Waals surface area contributed by atoms with Crippen LogP contribution < -0.4 is 10.6 Å². The Labute approximate surface area is 107 Å². The number of hydrogen-bond acceptors (Lipinski definition) is 5. The molecule has 0 radical (unpaired) electrons. The molecule has 0 spiro atoms. The van der Waals surface area contributed by atoms with Gasteiger partial charge in [0.2, 0.25) is 5.95 Å². The molecule has 0 amide bonds. The third-order valence-corrected chi connectivity index (χ3v) is 2.62. The zero-order valence-corrected chi connectivity index (χ0v) is 10.8. The van der Waals surface area contributed by atoms with Crippen molar-refractivity contribution in [3.63, 3.8) is 0 Å². The van der Waals surface area contributed by atoms with Crippen LogP contribution in [0.2, 0.25) is 5.02 Å². The molecule has 1 aromatic heterocycles. The van der Waals surface area contributed by atoms with Gasteiger partial charge in [0.25, 0.3) is 0 Å². The zero-order valence-electron chi connectivity index (χ0n) is 10.0. The first-order valence-corrected chi connectivity index (χ1v) is 6.20. The van der Waals surface area contributed by atoms with Gasteiger partial charge >= 0.3 is 0 Å². The highest BCUT2D eigenvalue weighted by atomic mass is 35.5. The summed E-state index contributed by atoms with van der Waals surface area (Å²) in [5.41, 5.74) is 0. The van der Waals surface area contributed by atoms with Crippen LogP contribution in [0.3, 0.4) is 0 Å². The lowest BCUT2D eigenvalue weighted by molar-refractivity contribution is 0.283. The predicted octanol–water partition coefficient (Wildman–Crippen LogP) is 2.14. The Morgan fingerprint density at radius 2 is 2.06 bits per heavy atom. The lowest BCUT2D eigenvalue weighted by Crippen LogP contribution is -2.06. The second-order valence-electron chi connectivity index (χ2n) is 3.70. The first kappa shape index (κ1) is 14.0. The summed E-state index contributed by atoms with van der Waals surface area (Å²) in [7, 11) is 1.77. The maximum atomic E-state index is 8.64. The molecular weight excluding hydrogens is 240 g/mol. The Kier molecular flexibility index (Phi) is 6.65. The molecule has 0 aromatic carbocycles. The minimum absolute atomic E-state index is 0.275. The molecular formula is C11H19ClN4O. The molecule has 0 bridgehead atoms. The van der Waals surface area contributed by atoms with Gasteiger partial charge in [-0.3, -0.25) is 0 Å². The molecule has 0 saturated carbocycles. The Hall–Kier alpha value is -1.07. The van der Waals surface area contributed by atoms with E-state index < -0.39 is 0 Å². The number of aliphatic hydroxyl groups excluding tert-OH is 1. The smallest absolute Gasteiger partial charge is 0.224 e. The van der Waals surface area contributed by atoms with Crippen molar-refractivity contribution in [2.45, 2.75) is 25.7 Å². The molecule has 5 nitrogen and oxygen atoms in total. The highest BCUT2D eigenvalue weighted by Gasteiger charge is 2.03. The van der Waals surface area contributed by atoms with Gasteiger partial charge < -0.3 is 15.7 Å². The summed E-state index contributed by atoms with van der Waals surface area (Å²) in [5, 5.41) is 15.2. The van der Waals surface area contributed by atoms with E-state index in [4.69, 9.17) is 16.7 Å². The van der Waals surface area contributed by atoms with E-state index in [1.54, 1.807) is 13.2 Å². The van der Waals surface area contributed by atoms with Gasteiger partial charge in [-0.2, -0.15) is 4.98 Å². The second-order valence-corrected chi connectivity index (χ2v) is 4.11. The largest absolute Gasteiger partial charge is 0.396 e. The third-order valence-electron chi connectivity index (χ3n) is 2.35. The Balaban J connectivity index is 2.30. The molecule has 0 aliphatic rings. The molecule has 0 aliphatic carbocycles. The molecule has 0 saturated heterocycles. The van der Waals surface area contributed by atoms with Crippen molar-refractivity contribution in [3.8, 4) is 0 Å². The number of aromatic nitrogens is 2. The number of rotatable bonds is 8. The number of nitrogens with zero attached hydrogens (tertiary/aromatic N) is 2. The van der Waals surface area contributed by atoms with Crippen molar-refractivity contribution < 1.29 is 5.11 Å². The predicted molar refractivity (Wildman–Crippen MR) is 70.6 cm³/mol. The Morgan fingerprint density at radius 3 is 2.76 bits per heavy atom. The fourth-order valence-electron chi connectivity index (χ4n) is 1.41. The van der Waals surface area contributed by atoms with E-state index in [0.717, 1.165) is 32.2 Å². The van der Waals surface area contributed by atoms with E-state index in [9.17, 15) is 0 Å². The van der Waals surface area contributed by atoms with E-state index >= 15 is 0 Å². The topological polar surface area (TPSA) is 70.1 Å². The minimum Gasteiger partial charge on any atom is -0.396 e. The van der Waals surface area contributed by atoms with Crippen LogP contribution in [0.4, 0.5) is 11.8 Å².